The molecule has 0 bridgehead atoms. The van der Waals surface area contributed by atoms with Gasteiger partial charge in [0, 0.05) is 6.61 Å². The number of ether oxygens (including phenoxy) is 3. The zero-order chi connectivity index (χ0) is 15.3. The van der Waals surface area contributed by atoms with Gasteiger partial charge in [-0.1, -0.05) is 12.1 Å². The van der Waals surface area contributed by atoms with Crippen LogP contribution in [0.15, 0.2) is 29.2 Å². The number of nitrogens with one attached hydrogen (secondary N) is 1. The molecule has 0 spiro atoms. The van der Waals surface area contributed by atoms with E-state index in [4.69, 9.17) is 14.2 Å². The molecule has 1 fully saturated rings. The summed E-state index contributed by atoms with van der Waals surface area (Å²) in [6.45, 7) is 0.756. The Morgan fingerprint density at radius 2 is 2.19 bits per heavy atom. The number of hydrogen-bond acceptors (Lipinski definition) is 6. The highest BCUT2D eigenvalue weighted by Crippen LogP contribution is 2.23. The number of sulfonamides is 1. The van der Waals surface area contributed by atoms with Gasteiger partial charge in [0.15, 0.2) is 5.75 Å². The molecule has 1 aliphatic heterocycles. The maximum atomic E-state index is 11.8. The van der Waals surface area contributed by atoms with Crippen molar-refractivity contribution in [2.75, 3.05) is 20.3 Å². The molecule has 1 aromatic carbocycles. The lowest BCUT2D eigenvalue weighted by Crippen LogP contribution is -2.22. The zero-order valence-corrected chi connectivity index (χ0v) is 12.4. The van der Waals surface area contributed by atoms with Crippen molar-refractivity contribution >= 4 is 16.2 Å². The van der Waals surface area contributed by atoms with E-state index in [1.54, 1.807) is 6.07 Å². The van der Waals surface area contributed by atoms with Crippen LogP contribution in [0.5, 0.6) is 5.75 Å². The summed E-state index contributed by atoms with van der Waals surface area (Å²) in [5, 5.41) is 0. The van der Waals surface area contributed by atoms with E-state index in [0.717, 1.165) is 12.8 Å². The van der Waals surface area contributed by atoms with Gasteiger partial charge >= 0.3 is 6.16 Å². The Hall–Kier alpha value is -1.64. The van der Waals surface area contributed by atoms with E-state index in [1.807, 2.05) is 0 Å². The van der Waals surface area contributed by atoms with Crippen LogP contribution in [0.4, 0.5) is 4.79 Å². The minimum atomic E-state index is -3.71. The number of carbonyl (C=O) groups excluding carboxylic acids is 1. The zero-order valence-electron chi connectivity index (χ0n) is 11.6. The van der Waals surface area contributed by atoms with Crippen molar-refractivity contribution < 1.29 is 27.4 Å². The lowest BCUT2D eigenvalue weighted by molar-refractivity contribution is 0.0270. The molecule has 0 aliphatic carbocycles. The molecule has 1 aliphatic rings. The van der Waals surface area contributed by atoms with Crippen LogP contribution in [-0.4, -0.2) is 40.9 Å². The van der Waals surface area contributed by atoms with Gasteiger partial charge in [-0.15, -0.1) is 0 Å². The fourth-order valence-electron chi connectivity index (χ4n) is 1.92. The van der Waals surface area contributed by atoms with E-state index in [0.29, 0.717) is 6.61 Å². The second kappa shape index (κ2) is 6.88. The molecular weight excluding hydrogens is 298 g/mol. The number of para-hydroxylation sites is 1. The van der Waals surface area contributed by atoms with Crippen molar-refractivity contribution in [1.29, 1.82) is 0 Å². The molecule has 21 heavy (non-hydrogen) atoms. The summed E-state index contributed by atoms with van der Waals surface area (Å²) in [6.07, 6.45) is 0.697. The van der Waals surface area contributed by atoms with Gasteiger partial charge < -0.3 is 14.2 Å². The third kappa shape index (κ3) is 4.16. The lowest BCUT2D eigenvalue weighted by atomic mass is 10.2. The highest BCUT2D eigenvalue weighted by molar-refractivity contribution is 7.89. The average molecular weight is 315 g/mol. The van der Waals surface area contributed by atoms with E-state index < -0.39 is 16.2 Å². The molecule has 116 valence electrons. The van der Waals surface area contributed by atoms with Crippen LogP contribution >= 0.6 is 0 Å². The number of carbonyl (C=O) groups is 1. The first-order valence-electron chi connectivity index (χ1n) is 6.51. The summed E-state index contributed by atoms with van der Waals surface area (Å²) in [6, 6.07) is 5.83. The number of hydrogen-bond donors (Lipinski definition) is 1. The molecule has 1 heterocycles. The van der Waals surface area contributed by atoms with Gasteiger partial charge in [-0.05, 0) is 32.0 Å². The van der Waals surface area contributed by atoms with Crippen LogP contribution in [0.25, 0.3) is 0 Å². The molecular formula is C13H17NO6S. The van der Waals surface area contributed by atoms with Gasteiger partial charge in [0.05, 0.1) is 6.10 Å². The highest BCUT2D eigenvalue weighted by Gasteiger charge is 2.21. The van der Waals surface area contributed by atoms with Crippen molar-refractivity contribution in [3.05, 3.63) is 24.3 Å². The lowest BCUT2D eigenvalue weighted by Gasteiger charge is -2.12. The highest BCUT2D eigenvalue weighted by atomic mass is 32.2. The van der Waals surface area contributed by atoms with Crippen molar-refractivity contribution in [2.24, 2.45) is 0 Å². The van der Waals surface area contributed by atoms with Gasteiger partial charge in [-0.25, -0.2) is 17.9 Å². The number of benzene rings is 1. The molecule has 1 atom stereocenters. The van der Waals surface area contributed by atoms with Gasteiger partial charge in [-0.2, -0.15) is 0 Å². The second-order valence-corrected chi connectivity index (χ2v) is 6.31. The molecule has 0 saturated carbocycles. The normalized spacial score (nSPS) is 18.4. The van der Waals surface area contributed by atoms with E-state index in [2.05, 4.69) is 4.72 Å². The molecule has 8 heteroatoms. The standard InChI is InChI=1S/C13H17NO6S/c1-14-21(16,17)12-7-3-2-6-11(12)20-13(15)19-9-10-5-4-8-18-10/h2-3,6-7,10,14H,4-5,8-9H2,1H3. The van der Waals surface area contributed by atoms with Crippen molar-refractivity contribution in [1.82, 2.24) is 4.72 Å². The van der Waals surface area contributed by atoms with E-state index in [-0.39, 0.29) is 23.4 Å². The molecule has 0 radical (unpaired) electrons. The van der Waals surface area contributed by atoms with Gasteiger partial charge in [0.2, 0.25) is 10.0 Å². The van der Waals surface area contributed by atoms with E-state index >= 15 is 0 Å². The Bertz CT molecular complexity index is 594. The topological polar surface area (TPSA) is 90.9 Å². The Balaban J connectivity index is 2.00. The Morgan fingerprint density at radius 1 is 1.43 bits per heavy atom. The predicted molar refractivity (Wildman–Crippen MR) is 73.6 cm³/mol. The Morgan fingerprint density at radius 3 is 2.86 bits per heavy atom. The molecule has 1 aromatic rings. The van der Waals surface area contributed by atoms with Crippen LogP contribution in [0.2, 0.25) is 0 Å². The summed E-state index contributed by atoms with van der Waals surface area (Å²) in [5.74, 6) is -0.0795. The molecule has 0 amide bonds. The monoisotopic (exact) mass is 315 g/mol. The van der Waals surface area contributed by atoms with Crippen LogP contribution in [0, 0.1) is 0 Å². The van der Waals surface area contributed by atoms with Crippen LogP contribution < -0.4 is 9.46 Å². The Labute approximate surface area is 123 Å². The maximum absolute atomic E-state index is 11.8. The predicted octanol–water partition coefficient (Wildman–Crippen LogP) is 1.29. The first-order chi connectivity index (χ1) is 10.0. The second-order valence-electron chi connectivity index (χ2n) is 4.45. The quantitative estimate of drug-likeness (QED) is 0.650. The van der Waals surface area contributed by atoms with Crippen molar-refractivity contribution in [3.8, 4) is 5.75 Å². The smallest absolute Gasteiger partial charge is 0.431 e. The first kappa shape index (κ1) is 15.7. The summed E-state index contributed by atoms with van der Waals surface area (Å²) >= 11 is 0. The first-order valence-corrected chi connectivity index (χ1v) is 8.00. The summed E-state index contributed by atoms with van der Waals surface area (Å²) in [4.78, 5) is 11.5. The molecule has 1 saturated heterocycles. The van der Waals surface area contributed by atoms with E-state index in [1.165, 1.54) is 25.2 Å². The Kier molecular flexibility index (Phi) is 5.16. The van der Waals surface area contributed by atoms with Gasteiger partial charge in [0.25, 0.3) is 0 Å². The molecule has 0 aromatic heterocycles. The molecule has 1 N–H and O–H groups in total. The molecule has 1 unspecified atom stereocenters. The SMILES string of the molecule is CNS(=O)(=O)c1ccccc1OC(=O)OCC1CCCO1. The fraction of sp³-hybridized carbons (Fsp3) is 0.462. The summed E-state index contributed by atoms with van der Waals surface area (Å²) < 4.78 is 41.0. The number of rotatable bonds is 5. The average Bonchev–Trinajstić information content (AvgIpc) is 2.99. The molecule has 2 rings (SSSR count). The summed E-state index contributed by atoms with van der Waals surface area (Å²) in [5.41, 5.74) is 0. The minimum Gasteiger partial charge on any atom is -0.431 e. The summed E-state index contributed by atoms with van der Waals surface area (Å²) in [7, 11) is -2.43. The van der Waals surface area contributed by atoms with Crippen LogP contribution in [0.3, 0.4) is 0 Å². The van der Waals surface area contributed by atoms with Gasteiger partial charge in [0.1, 0.15) is 11.5 Å². The third-order valence-electron chi connectivity index (χ3n) is 3.01. The third-order valence-corrected chi connectivity index (χ3v) is 4.47. The maximum Gasteiger partial charge on any atom is 0.513 e. The van der Waals surface area contributed by atoms with Crippen LogP contribution in [0.1, 0.15) is 12.8 Å². The van der Waals surface area contributed by atoms with E-state index in [9.17, 15) is 13.2 Å². The largest absolute Gasteiger partial charge is 0.513 e. The fourth-order valence-corrected chi connectivity index (χ4v) is 2.77. The van der Waals surface area contributed by atoms with Crippen LogP contribution in [-0.2, 0) is 19.5 Å². The minimum absolute atomic E-state index is 0.0795. The van der Waals surface area contributed by atoms with Crippen molar-refractivity contribution in [3.63, 3.8) is 0 Å². The van der Waals surface area contributed by atoms with Crippen molar-refractivity contribution in [2.45, 2.75) is 23.8 Å². The molecule has 7 nitrogen and oxygen atoms in total. The van der Waals surface area contributed by atoms with Gasteiger partial charge in [-0.3, -0.25) is 0 Å².